The maximum atomic E-state index is 5.69. The molecule has 1 N–H and O–H groups in total. The SMILES string of the molecule is CNC1CCCN(c2nc(C)cc(OC(C)C)n2)C1. The van der Waals surface area contributed by atoms with Crippen LogP contribution in [0.3, 0.4) is 0 Å². The quantitative estimate of drug-likeness (QED) is 0.898. The molecule has 1 saturated heterocycles. The van der Waals surface area contributed by atoms with E-state index in [9.17, 15) is 0 Å². The minimum Gasteiger partial charge on any atom is -0.475 e. The van der Waals surface area contributed by atoms with Crippen LogP contribution in [0.15, 0.2) is 6.07 Å². The molecule has 0 amide bonds. The Kier molecular flexibility index (Phi) is 4.58. The van der Waals surface area contributed by atoms with Crippen LogP contribution in [-0.4, -0.2) is 42.3 Å². The largest absolute Gasteiger partial charge is 0.475 e. The molecule has 0 saturated carbocycles. The average Bonchev–Trinajstić information content (AvgIpc) is 2.37. The number of aryl methyl sites for hydroxylation is 1. The molecule has 5 nitrogen and oxygen atoms in total. The van der Waals surface area contributed by atoms with E-state index >= 15 is 0 Å². The zero-order valence-electron chi connectivity index (χ0n) is 12.3. The van der Waals surface area contributed by atoms with Gasteiger partial charge in [-0.25, -0.2) is 4.98 Å². The molecule has 1 aromatic heterocycles. The summed E-state index contributed by atoms with van der Waals surface area (Å²) in [5, 5.41) is 3.34. The summed E-state index contributed by atoms with van der Waals surface area (Å²) < 4.78 is 5.69. The third-order valence-corrected chi connectivity index (χ3v) is 3.29. The number of nitrogens with zero attached hydrogens (tertiary/aromatic N) is 3. The maximum absolute atomic E-state index is 5.69. The van der Waals surface area contributed by atoms with E-state index in [-0.39, 0.29) is 6.10 Å². The molecule has 1 unspecified atom stereocenters. The summed E-state index contributed by atoms with van der Waals surface area (Å²) in [4.78, 5) is 11.3. The van der Waals surface area contributed by atoms with Crippen molar-refractivity contribution in [1.82, 2.24) is 15.3 Å². The first-order valence-electron chi connectivity index (χ1n) is 7.03. The van der Waals surface area contributed by atoms with Gasteiger partial charge in [0.15, 0.2) is 0 Å². The van der Waals surface area contributed by atoms with Crippen molar-refractivity contribution in [3.05, 3.63) is 11.8 Å². The lowest BCUT2D eigenvalue weighted by atomic mass is 10.1. The minimum absolute atomic E-state index is 0.133. The molecule has 0 aliphatic carbocycles. The first-order valence-corrected chi connectivity index (χ1v) is 7.03. The molecular formula is C14H24N4O. The number of hydrogen-bond donors (Lipinski definition) is 1. The highest BCUT2D eigenvalue weighted by Crippen LogP contribution is 2.20. The normalized spacial score (nSPS) is 19.8. The molecule has 1 aliphatic rings. The molecule has 0 aromatic carbocycles. The number of likely N-dealkylation sites (N-methyl/N-ethyl adjacent to an activating group) is 1. The molecule has 2 rings (SSSR count). The van der Waals surface area contributed by atoms with Crippen LogP contribution in [0.25, 0.3) is 0 Å². The average molecular weight is 264 g/mol. The molecular weight excluding hydrogens is 240 g/mol. The van der Waals surface area contributed by atoms with Gasteiger partial charge in [-0.2, -0.15) is 4.98 Å². The number of piperidine rings is 1. The fraction of sp³-hybridized carbons (Fsp3) is 0.714. The van der Waals surface area contributed by atoms with E-state index in [1.54, 1.807) is 0 Å². The molecule has 19 heavy (non-hydrogen) atoms. The summed E-state index contributed by atoms with van der Waals surface area (Å²) in [5.74, 6) is 1.46. The maximum Gasteiger partial charge on any atom is 0.228 e. The van der Waals surface area contributed by atoms with Gasteiger partial charge in [-0.05, 0) is 40.7 Å². The summed E-state index contributed by atoms with van der Waals surface area (Å²) in [6, 6.07) is 2.41. The fourth-order valence-electron chi connectivity index (χ4n) is 2.36. The van der Waals surface area contributed by atoms with Gasteiger partial charge < -0.3 is 15.0 Å². The van der Waals surface area contributed by atoms with Crippen LogP contribution in [0.5, 0.6) is 5.88 Å². The fourth-order valence-corrected chi connectivity index (χ4v) is 2.36. The van der Waals surface area contributed by atoms with Crippen LogP contribution < -0.4 is 15.0 Å². The summed E-state index contributed by atoms with van der Waals surface area (Å²) in [7, 11) is 2.01. The summed E-state index contributed by atoms with van der Waals surface area (Å²) in [5.41, 5.74) is 0.951. The zero-order valence-corrected chi connectivity index (χ0v) is 12.3. The van der Waals surface area contributed by atoms with Crippen LogP contribution in [0, 0.1) is 6.92 Å². The Bertz CT molecular complexity index is 422. The second kappa shape index (κ2) is 6.19. The standard InChI is InChI=1S/C14H24N4O/c1-10(2)19-13-8-11(3)16-14(17-13)18-7-5-6-12(9-18)15-4/h8,10,12,15H,5-7,9H2,1-4H3. The van der Waals surface area contributed by atoms with E-state index in [0.29, 0.717) is 11.9 Å². The van der Waals surface area contributed by atoms with E-state index < -0.39 is 0 Å². The van der Waals surface area contributed by atoms with Crippen molar-refractivity contribution >= 4 is 5.95 Å². The zero-order chi connectivity index (χ0) is 13.8. The number of ether oxygens (including phenoxy) is 1. The lowest BCUT2D eigenvalue weighted by Gasteiger charge is -2.32. The highest BCUT2D eigenvalue weighted by molar-refractivity contribution is 5.35. The molecule has 1 aromatic rings. The molecule has 0 spiro atoms. The van der Waals surface area contributed by atoms with Crippen LogP contribution >= 0.6 is 0 Å². The minimum atomic E-state index is 0.133. The summed E-state index contributed by atoms with van der Waals surface area (Å²) in [6.07, 6.45) is 2.52. The van der Waals surface area contributed by atoms with Gasteiger partial charge in [0, 0.05) is 30.9 Å². The van der Waals surface area contributed by atoms with Gasteiger partial charge in [-0.1, -0.05) is 0 Å². The predicted octanol–water partition coefficient (Wildman–Crippen LogP) is 1.76. The second-order valence-corrected chi connectivity index (χ2v) is 5.39. The Morgan fingerprint density at radius 2 is 2.21 bits per heavy atom. The molecule has 106 valence electrons. The monoisotopic (exact) mass is 264 g/mol. The van der Waals surface area contributed by atoms with E-state index in [1.165, 1.54) is 12.8 Å². The molecule has 1 fully saturated rings. The van der Waals surface area contributed by atoms with Gasteiger partial charge in [0.05, 0.1) is 6.10 Å². The molecule has 1 atom stereocenters. The van der Waals surface area contributed by atoms with Gasteiger partial charge >= 0.3 is 0 Å². The van der Waals surface area contributed by atoms with Crippen molar-refractivity contribution in [2.24, 2.45) is 0 Å². The molecule has 0 bridgehead atoms. The van der Waals surface area contributed by atoms with Crippen LogP contribution in [0.1, 0.15) is 32.4 Å². The Morgan fingerprint density at radius 3 is 2.89 bits per heavy atom. The van der Waals surface area contributed by atoms with Crippen molar-refractivity contribution in [3.63, 3.8) is 0 Å². The molecule has 2 heterocycles. The van der Waals surface area contributed by atoms with Crippen molar-refractivity contribution in [3.8, 4) is 5.88 Å². The van der Waals surface area contributed by atoms with Crippen molar-refractivity contribution in [2.45, 2.75) is 45.8 Å². The summed E-state index contributed by atoms with van der Waals surface area (Å²) in [6.45, 7) is 7.98. The summed E-state index contributed by atoms with van der Waals surface area (Å²) >= 11 is 0. The number of nitrogens with one attached hydrogen (secondary N) is 1. The lowest BCUT2D eigenvalue weighted by Crippen LogP contribution is -2.45. The number of aromatic nitrogens is 2. The van der Waals surface area contributed by atoms with Gasteiger partial charge in [0.1, 0.15) is 0 Å². The van der Waals surface area contributed by atoms with E-state index in [2.05, 4.69) is 20.2 Å². The number of rotatable bonds is 4. The third-order valence-electron chi connectivity index (χ3n) is 3.29. The second-order valence-electron chi connectivity index (χ2n) is 5.39. The van der Waals surface area contributed by atoms with Gasteiger partial charge in [-0.15, -0.1) is 0 Å². The first kappa shape index (κ1) is 14.1. The molecule has 1 aliphatic heterocycles. The Hall–Kier alpha value is -1.36. The Balaban J connectivity index is 2.16. The Morgan fingerprint density at radius 1 is 1.42 bits per heavy atom. The number of hydrogen-bond acceptors (Lipinski definition) is 5. The van der Waals surface area contributed by atoms with Gasteiger partial charge in [0.2, 0.25) is 11.8 Å². The van der Waals surface area contributed by atoms with E-state index in [0.717, 1.165) is 24.7 Å². The molecule has 5 heteroatoms. The lowest BCUT2D eigenvalue weighted by molar-refractivity contribution is 0.232. The smallest absolute Gasteiger partial charge is 0.228 e. The van der Waals surface area contributed by atoms with Crippen LogP contribution in [0.4, 0.5) is 5.95 Å². The van der Waals surface area contributed by atoms with Crippen molar-refractivity contribution in [2.75, 3.05) is 25.0 Å². The van der Waals surface area contributed by atoms with Crippen molar-refractivity contribution in [1.29, 1.82) is 0 Å². The van der Waals surface area contributed by atoms with Gasteiger partial charge in [0.25, 0.3) is 0 Å². The topological polar surface area (TPSA) is 50.3 Å². The highest BCUT2D eigenvalue weighted by Gasteiger charge is 2.21. The molecule has 0 radical (unpaired) electrons. The van der Waals surface area contributed by atoms with Gasteiger partial charge in [-0.3, -0.25) is 0 Å². The van der Waals surface area contributed by atoms with Crippen LogP contribution in [-0.2, 0) is 0 Å². The third kappa shape index (κ3) is 3.80. The van der Waals surface area contributed by atoms with E-state index in [1.807, 2.05) is 33.9 Å². The Labute approximate surface area is 115 Å². The van der Waals surface area contributed by atoms with Crippen LogP contribution in [0.2, 0.25) is 0 Å². The predicted molar refractivity (Wildman–Crippen MR) is 76.8 cm³/mol. The van der Waals surface area contributed by atoms with Crippen molar-refractivity contribution < 1.29 is 4.74 Å². The highest BCUT2D eigenvalue weighted by atomic mass is 16.5. The first-order chi connectivity index (χ1) is 9.08. The van der Waals surface area contributed by atoms with E-state index in [4.69, 9.17) is 4.74 Å². The number of anilines is 1.